The molecule has 6 nitrogen and oxygen atoms in total. The molecule has 7 heteroatoms. The van der Waals surface area contributed by atoms with Gasteiger partial charge in [-0.25, -0.2) is 0 Å². The van der Waals surface area contributed by atoms with Crippen LogP contribution >= 0.6 is 11.3 Å². The van der Waals surface area contributed by atoms with Gasteiger partial charge in [0.15, 0.2) is 5.00 Å². The molecule has 1 aromatic heterocycles. The van der Waals surface area contributed by atoms with Crippen molar-refractivity contribution in [3.8, 4) is 0 Å². The number of aliphatic hydroxyl groups is 2. The summed E-state index contributed by atoms with van der Waals surface area (Å²) in [6.45, 7) is 3.78. The predicted molar refractivity (Wildman–Crippen MR) is 71.2 cm³/mol. The molecule has 0 saturated heterocycles. The van der Waals surface area contributed by atoms with Crippen molar-refractivity contribution in [2.45, 2.75) is 32.5 Å². The van der Waals surface area contributed by atoms with Gasteiger partial charge >= 0.3 is 5.69 Å². The average molecular weight is 274 g/mol. The van der Waals surface area contributed by atoms with E-state index >= 15 is 0 Å². The highest BCUT2D eigenvalue weighted by Gasteiger charge is 2.23. The molecule has 0 bridgehead atoms. The number of nitrogens with zero attached hydrogens (tertiary/aromatic N) is 2. The zero-order valence-electron chi connectivity index (χ0n) is 10.7. The summed E-state index contributed by atoms with van der Waals surface area (Å²) >= 11 is 1.21. The van der Waals surface area contributed by atoms with Crippen LogP contribution in [0.5, 0.6) is 0 Å². The summed E-state index contributed by atoms with van der Waals surface area (Å²) in [6.07, 6.45) is -0.620. The van der Waals surface area contributed by atoms with Crippen molar-refractivity contribution in [2.24, 2.45) is 0 Å². The Hall–Kier alpha value is -1.18. The van der Waals surface area contributed by atoms with Crippen molar-refractivity contribution in [1.82, 2.24) is 0 Å². The summed E-state index contributed by atoms with van der Waals surface area (Å²) in [7, 11) is 1.74. The molecule has 0 amide bonds. The molecule has 0 aliphatic rings. The number of hydrogen-bond acceptors (Lipinski definition) is 6. The molecule has 0 saturated carbocycles. The summed E-state index contributed by atoms with van der Waals surface area (Å²) in [6, 6.07) is 1.41. The highest BCUT2D eigenvalue weighted by molar-refractivity contribution is 7.16. The Morgan fingerprint density at radius 1 is 1.50 bits per heavy atom. The van der Waals surface area contributed by atoms with Crippen molar-refractivity contribution in [3.05, 3.63) is 21.1 Å². The fourth-order valence-electron chi connectivity index (χ4n) is 1.48. The third kappa shape index (κ3) is 3.66. The quantitative estimate of drug-likeness (QED) is 0.611. The lowest BCUT2D eigenvalue weighted by atomic mass is 10.2. The number of hydrogen-bond donors (Lipinski definition) is 2. The lowest BCUT2D eigenvalue weighted by Crippen LogP contribution is -2.21. The molecule has 2 N–H and O–H groups in total. The lowest BCUT2D eigenvalue weighted by Gasteiger charge is -2.17. The Balaban J connectivity index is 2.94. The Morgan fingerprint density at radius 2 is 2.11 bits per heavy atom. The van der Waals surface area contributed by atoms with Gasteiger partial charge in [-0.1, -0.05) is 0 Å². The van der Waals surface area contributed by atoms with E-state index in [0.717, 1.165) is 0 Å². The SMILES string of the molecule is CC(O)CCN(C)c1sc([C@H](C)O)cc1[N+](=O)[O-]. The third-order valence-corrected chi connectivity index (χ3v) is 3.96. The van der Waals surface area contributed by atoms with Crippen molar-refractivity contribution in [2.75, 3.05) is 18.5 Å². The minimum Gasteiger partial charge on any atom is -0.393 e. The molecular formula is C11H18N2O4S. The maximum atomic E-state index is 11.0. The van der Waals surface area contributed by atoms with Gasteiger partial charge in [0.05, 0.1) is 17.1 Å². The molecule has 0 aliphatic heterocycles. The van der Waals surface area contributed by atoms with E-state index in [1.807, 2.05) is 0 Å². The standard InChI is InChI=1S/C11H18N2O4S/c1-7(14)4-5-12(3)11-9(13(16)17)6-10(18-11)8(2)15/h6-8,14-15H,4-5H2,1-3H3/t7?,8-/m0/s1. The molecule has 0 aliphatic carbocycles. The number of thiophene rings is 1. The van der Waals surface area contributed by atoms with E-state index in [0.29, 0.717) is 22.8 Å². The Kier molecular flexibility index (Phi) is 5.06. The highest BCUT2D eigenvalue weighted by atomic mass is 32.1. The van der Waals surface area contributed by atoms with E-state index in [1.54, 1.807) is 25.8 Å². The molecule has 0 spiro atoms. The van der Waals surface area contributed by atoms with Crippen LogP contribution in [0.15, 0.2) is 6.07 Å². The van der Waals surface area contributed by atoms with Crippen molar-refractivity contribution >= 4 is 22.0 Å². The highest BCUT2D eigenvalue weighted by Crippen LogP contribution is 2.39. The van der Waals surface area contributed by atoms with E-state index in [1.165, 1.54) is 17.4 Å². The molecule has 1 unspecified atom stereocenters. The van der Waals surface area contributed by atoms with Crippen LogP contribution < -0.4 is 4.90 Å². The molecule has 0 fully saturated rings. The van der Waals surface area contributed by atoms with E-state index in [4.69, 9.17) is 0 Å². The van der Waals surface area contributed by atoms with Crippen molar-refractivity contribution < 1.29 is 15.1 Å². The van der Waals surface area contributed by atoms with Crippen molar-refractivity contribution in [1.29, 1.82) is 0 Å². The molecule has 102 valence electrons. The largest absolute Gasteiger partial charge is 0.393 e. The number of aliphatic hydroxyl groups excluding tert-OH is 2. The molecule has 1 heterocycles. The van der Waals surface area contributed by atoms with Crippen LogP contribution in [0.3, 0.4) is 0 Å². The van der Waals surface area contributed by atoms with Crippen LogP contribution in [0.25, 0.3) is 0 Å². The molecule has 0 aromatic carbocycles. The summed E-state index contributed by atoms with van der Waals surface area (Å²) in [5.74, 6) is 0. The second-order valence-corrected chi connectivity index (χ2v) is 5.39. The van der Waals surface area contributed by atoms with Crippen LogP contribution in [-0.2, 0) is 0 Å². The second kappa shape index (κ2) is 6.12. The average Bonchev–Trinajstić information content (AvgIpc) is 2.70. The van der Waals surface area contributed by atoms with Gasteiger partial charge in [-0.3, -0.25) is 10.1 Å². The first-order valence-electron chi connectivity index (χ1n) is 5.68. The van der Waals surface area contributed by atoms with Gasteiger partial charge in [0.1, 0.15) is 0 Å². The second-order valence-electron chi connectivity index (χ2n) is 4.33. The molecule has 1 aromatic rings. The van der Waals surface area contributed by atoms with E-state index in [9.17, 15) is 20.3 Å². The van der Waals surface area contributed by atoms with Crippen LogP contribution in [-0.4, -0.2) is 34.8 Å². The first kappa shape index (κ1) is 14.9. The topological polar surface area (TPSA) is 86.8 Å². The van der Waals surface area contributed by atoms with E-state index < -0.39 is 17.1 Å². The maximum Gasteiger partial charge on any atom is 0.304 e. The van der Waals surface area contributed by atoms with Crippen LogP contribution in [0, 0.1) is 10.1 Å². The van der Waals surface area contributed by atoms with Gasteiger partial charge in [-0.15, -0.1) is 11.3 Å². The van der Waals surface area contributed by atoms with E-state index in [-0.39, 0.29) is 5.69 Å². The normalized spacial score (nSPS) is 14.3. The first-order valence-corrected chi connectivity index (χ1v) is 6.50. The van der Waals surface area contributed by atoms with Gasteiger partial charge in [0, 0.05) is 24.5 Å². The van der Waals surface area contributed by atoms with Gasteiger partial charge in [-0.05, 0) is 20.3 Å². The molecular weight excluding hydrogens is 256 g/mol. The summed E-state index contributed by atoms with van der Waals surface area (Å²) in [5.41, 5.74) is 0.00370. The smallest absolute Gasteiger partial charge is 0.304 e. The molecule has 0 radical (unpaired) electrons. The third-order valence-electron chi connectivity index (χ3n) is 2.55. The van der Waals surface area contributed by atoms with Crippen LogP contribution in [0.2, 0.25) is 0 Å². The van der Waals surface area contributed by atoms with Crippen LogP contribution in [0.4, 0.5) is 10.7 Å². The predicted octanol–water partition coefficient (Wildman–Crippen LogP) is 1.92. The fraction of sp³-hybridized carbons (Fsp3) is 0.636. The van der Waals surface area contributed by atoms with Gasteiger partial charge in [0.2, 0.25) is 0 Å². The van der Waals surface area contributed by atoms with Crippen molar-refractivity contribution in [3.63, 3.8) is 0 Å². The minimum atomic E-state index is -0.715. The first-order chi connectivity index (χ1) is 8.32. The van der Waals surface area contributed by atoms with Crippen LogP contribution in [0.1, 0.15) is 31.2 Å². The zero-order chi connectivity index (χ0) is 13.9. The van der Waals surface area contributed by atoms with Gasteiger partial charge < -0.3 is 15.1 Å². The Labute approximate surface area is 110 Å². The summed E-state index contributed by atoms with van der Waals surface area (Å²) in [4.78, 5) is 12.8. The van der Waals surface area contributed by atoms with Gasteiger partial charge in [-0.2, -0.15) is 0 Å². The summed E-state index contributed by atoms with van der Waals surface area (Å²) < 4.78 is 0. The fourth-order valence-corrected chi connectivity index (χ4v) is 2.53. The maximum absolute atomic E-state index is 11.0. The number of nitro groups is 1. The van der Waals surface area contributed by atoms with E-state index in [2.05, 4.69) is 0 Å². The Morgan fingerprint density at radius 3 is 2.56 bits per heavy atom. The monoisotopic (exact) mass is 274 g/mol. The lowest BCUT2D eigenvalue weighted by molar-refractivity contribution is -0.383. The zero-order valence-corrected chi connectivity index (χ0v) is 11.5. The summed E-state index contributed by atoms with van der Waals surface area (Å²) in [5, 5.41) is 30.2. The van der Waals surface area contributed by atoms with Gasteiger partial charge in [0.25, 0.3) is 0 Å². The number of rotatable bonds is 6. The minimum absolute atomic E-state index is 0.00370. The Bertz CT molecular complexity index is 417. The molecule has 2 atom stereocenters. The molecule has 1 rings (SSSR count). The molecule has 18 heavy (non-hydrogen) atoms. The number of anilines is 1.